The van der Waals surface area contributed by atoms with Crippen molar-refractivity contribution in [3.8, 4) is 0 Å². The zero-order chi connectivity index (χ0) is 33.8. The number of aliphatic hydroxyl groups is 4. The molecule has 4 rings (SSSR count). The maximum Gasteiger partial charge on any atom is 0.255 e. The normalized spacial score (nSPS) is 12.1. The zero-order valence-electron chi connectivity index (χ0n) is 26.7. The Kier molecular flexibility index (Phi) is 12.1. The van der Waals surface area contributed by atoms with Gasteiger partial charge in [0, 0.05) is 22.5 Å². The quantitative estimate of drug-likeness (QED) is 0.0792. The third-order valence-corrected chi connectivity index (χ3v) is 7.97. The summed E-state index contributed by atoms with van der Waals surface area (Å²) in [7, 11) is 0. The highest BCUT2D eigenvalue weighted by molar-refractivity contribution is 6.05. The number of rotatable bonds is 14. The van der Waals surface area contributed by atoms with Gasteiger partial charge < -0.3 is 31.1 Å². The molecule has 0 aromatic heterocycles. The number of carbonyl (C=O) groups is 2. The highest BCUT2D eigenvalue weighted by Crippen LogP contribution is 2.35. The molecule has 8 heteroatoms. The Bertz CT molecular complexity index is 1560. The van der Waals surface area contributed by atoms with E-state index in [1.807, 2.05) is 24.3 Å². The van der Waals surface area contributed by atoms with Crippen LogP contribution in [0.1, 0.15) is 69.7 Å². The van der Waals surface area contributed by atoms with E-state index in [0.29, 0.717) is 33.6 Å². The number of nitrogens with one attached hydrogen (secondary N) is 2. The fraction of sp³-hybridized carbons (Fsp3) is 0.231. The van der Waals surface area contributed by atoms with Gasteiger partial charge in [0.15, 0.2) is 0 Å². The number of benzene rings is 4. The molecule has 4 aromatic rings. The van der Waals surface area contributed by atoms with Crippen LogP contribution in [0.3, 0.4) is 0 Å². The fourth-order valence-corrected chi connectivity index (χ4v) is 5.05. The van der Waals surface area contributed by atoms with Gasteiger partial charge >= 0.3 is 0 Å². The lowest BCUT2D eigenvalue weighted by atomic mass is 9.83. The first-order valence-electron chi connectivity index (χ1n) is 15.8. The van der Waals surface area contributed by atoms with Crippen LogP contribution in [0.4, 0.5) is 11.4 Å². The highest BCUT2D eigenvalue weighted by atomic mass is 16.3. The van der Waals surface area contributed by atoms with E-state index in [2.05, 4.69) is 24.5 Å². The lowest BCUT2D eigenvalue weighted by Gasteiger charge is -2.28. The van der Waals surface area contributed by atoms with Crippen LogP contribution in [0.15, 0.2) is 109 Å². The van der Waals surface area contributed by atoms with Crippen LogP contribution in [0.2, 0.25) is 0 Å². The van der Waals surface area contributed by atoms with Gasteiger partial charge in [-0.15, -0.1) is 0 Å². The van der Waals surface area contributed by atoms with E-state index in [4.69, 9.17) is 0 Å². The first-order valence-corrected chi connectivity index (χ1v) is 15.8. The van der Waals surface area contributed by atoms with Gasteiger partial charge in [0.25, 0.3) is 11.8 Å². The largest absolute Gasteiger partial charge is 0.511 e. The summed E-state index contributed by atoms with van der Waals surface area (Å²) in [6, 6.07) is 28.2. The second-order valence-corrected chi connectivity index (χ2v) is 11.5. The van der Waals surface area contributed by atoms with E-state index in [9.17, 15) is 30.0 Å². The summed E-state index contributed by atoms with van der Waals surface area (Å²) in [6.07, 6.45) is 6.63. The minimum atomic E-state index is -1.87. The summed E-state index contributed by atoms with van der Waals surface area (Å²) in [5.41, 5.74) is 3.68. The molecule has 4 aromatic carbocycles. The van der Waals surface area contributed by atoms with Gasteiger partial charge in [0.2, 0.25) is 0 Å². The Labute approximate surface area is 275 Å². The minimum Gasteiger partial charge on any atom is -0.511 e. The molecule has 0 atom stereocenters. The monoisotopic (exact) mass is 634 g/mol. The molecule has 0 aliphatic carbocycles. The topological polar surface area (TPSA) is 139 Å². The number of hydrogen-bond donors (Lipinski definition) is 6. The third kappa shape index (κ3) is 8.97. The van der Waals surface area contributed by atoms with Gasteiger partial charge in [-0.3, -0.25) is 9.59 Å². The number of anilines is 2. The number of hydrogen-bond acceptors (Lipinski definition) is 6. The van der Waals surface area contributed by atoms with Crippen molar-refractivity contribution in [3.05, 3.63) is 142 Å². The standard InChI is InChI=1S/C39H42N2O6/c1-3-5-27-7-15-31(16-8-27)37(46)40-33-19-11-29(12-20-33)23-35(44)39(25-42,26-43)36(45)24-30-13-21-34(22-14-30)41-38(47)32-17-9-28(6-4-2)10-18-32/h7-24,42-45H,3-6,25-26H2,1-2H3,(H,40,46)(H,41,47). The Balaban J connectivity index is 1.43. The molecule has 6 N–H and O–H groups in total. The molecule has 0 fully saturated rings. The average molecular weight is 635 g/mol. The summed E-state index contributed by atoms with van der Waals surface area (Å²) >= 11 is 0. The van der Waals surface area contributed by atoms with Crippen molar-refractivity contribution >= 4 is 35.3 Å². The summed E-state index contributed by atoms with van der Waals surface area (Å²) in [4.78, 5) is 25.3. The Morgan fingerprint density at radius 1 is 0.574 bits per heavy atom. The van der Waals surface area contributed by atoms with Crippen LogP contribution >= 0.6 is 0 Å². The number of carbonyl (C=O) groups excluding carboxylic acids is 2. The fourth-order valence-electron chi connectivity index (χ4n) is 5.05. The van der Waals surface area contributed by atoms with Crippen LogP contribution in [0.5, 0.6) is 0 Å². The van der Waals surface area contributed by atoms with Crippen LogP contribution in [0, 0.1) is 5.41 Å². The van der Waals surface area contributed by atoms with Crippen LogP contribution in [-0.4, -0.2) is 45.5 Å². The molecular formula is C39H42N2O6. The first-order chi connectivity index (χ1) is 22.7. The molecule has 0 radical (unpaired) electrons. The Morgan fingerprint density at radius 3 is 1.21 bits per heavy atom. The SMILES string of the molecule is CCCc1ccc(C(=O)Nc2ccc(C=C(O)C(CO)(CO)C(O)=Cc3ccc(NC(=O)c4ccc(CCC)cc4)cc3)cc2)cc1. The summed E-state index contributed by atoms with van der Waals surface area (Å²) in [5, 5.41) is 48.1. The predicted octanol–water partition coefficient (Wildman–Crippen LogP) is 7.57. The zero-order valence-corrected chi connectivity index (χ0v) is 26.7. The van der Waals surface area contributed by atoms with Gasteiger partial charge in [-0.1, -0.05) is 75.2 Å². The first kappa shape index (κ1) is 34.7. The second-order valence-electron chi connectivity index (χ2n) is 11.5. The van der Waals surface area contributed by atoms with Crippen molar-refractivity contribution in [2.24, 2.45) is 5.41 Å². The molecule has 47 heavy (non-hydrogen) atoms. The highest BCUT2D eigenvalue weighted by Gasteiger charge is 2.38. The van der Waals surface area contributed by atoms with Gasteiger partial charge in [-0.2, -0.15) is 0 Å². The molecule has 244 valence electrons. The van der Waals surface area contributed by atoms with Crippen molar-refractivity contribution < 1.29 is 30.0 Å². The van der Waals surface area contributed by atoms with E-state index in [-0.39, 0.29) is 11.8 Å². The van der Waals surface area contributed by atoms with Gasteiger partial charge in [0.05, 0.1) is 13.2 Å². The minimum absolute atomic E-state index is 0.249. The van der Waals surface area contributed by atoms with Crippen molar-refractivity contribution in [1.29, 1.82) is 0 Å². The molecule has 0 heterocycles. The summed E-state index contributed by atoms with van der Waals surface area (Å²) in [5.74, 6) is -1.40. The molecule has 8 nitrogen and oxygen atoms in total. The molecule has 0 bridgehead atoms. The van der Waals surface area contributed by atoms with E-state index in [1.54, 1.807) is 72.8 Å². The van der Waals surface area contributed by atoms with Gasteiger partial charge in [-0.25, -0.2) is 0 Å². The van der Waals surface area contributed by atoms with E-state index < -0.39 is 30.1 Å². The summed E-state index contributed by atoms with van der Waals surface area (Å²) < 4.78 is 0. The Morgan fingerprint density at radius 2 is 0.915 bits per heavy atom. The van der Waals surface area contributed by atoms with Crippen molar-refractivity contribution in [1.82, 2.24) is 0 Å². The van der Waals surface area contributed by atoms with Gasteiger partial charge in [0.1, 0.15) is 16.9 Å². The van der Waals surface area contributed by atoms with Crippen molar-refractivity contribution in [3.63, 3.8) is 0 Å². The lowest BCUT2D eigenvalue weighted by Crippen LogP contribution is -2.34. The maximum absolute atomic E-state index is 12.7. The van der Waals surface area contributed by atoms with E-state index >= 15 is 0 Å². The molecule has 0 aliphatic heterocycles. The second kappa shape index (κ2) is 16.4. The van der Waals surface area contributed by atoms with Crippen LogP contribution in [0.25, 0.3) is 12.2 Å². The number of aliphatic hydroxyl groups excluding tert-OH is 4. The molecule has 0 spiro atoms. The van der Waals surface area contributed by atoms with Crippen LogP contribution < -0.4 is 10.6 Å². The van der Waals surface area contributed by atoms with Crippen LogP contribution in [-0.2, 0) is 12.8 Å². The Hall–Kier alpha value is -5.18. The van der Waals surface area contributed by atoms with Crippen molar-refractivity contribution in [2.75, 3.05) is 23.8 Å². The molecule has 0 unspecified atom stereocenters. The molecular weight excluding hydrogens is 592 g/mol. The molecule has 0 aliphatic rings. The predicted molar refractivity (Wildman–Crippen MR) is 187 cm³/mol. The number of aryl methyl sites for hydroxylation is 2. The smallest absolute Gasteiger partial charge is 0.255 e. The number of amides is 2. The van der Waals surface area contributed by atoms with Gasteiger partial charge in [-0.05, 0) is 95.8 Å². The van der Waals surface area contributed by atoms with Crippen molar-refractivity contribution in [2.45, 2.75) is 39.5 Å². The maximum atomic E-state index is 12.7. The van der Waals surface area contributed by atoms with E-state index in [1.165, 1.54) is 23.3 Å². The lowest BCUT2D eigenvalue weighted by molar-refractivity contribution is 0.0487. The van der Waals surface area contributed by atoms with E-state index in [0.717, 1.165) is 25.7 Å². The molecule has 2 amide bonds. The average Bonchev–Trinajstić information content (AvgIpc) is 3.08. The summed E-state index contributed by atoms with van der Waals surface area (Å²) in [6.45, 7) is 2.66. The molecule has 0 saturated heterocycles. The molecule has 0 saturated carbocycles. The third-order valence-electron chi connectivity index (χ3n) is 7.97.